The monoisotopic (exact) mass is 425 g/mol. The molecule has 4 rings (SSSR count). The first kappa shape index (κ1) is 20.2. The number of aromatic hydroxyl groups is 1. The second-order valence-corrected chi connectivity index (χ2v) is 8.47. The molecule has 156 valence electrons. The zero-order valence-corrected chi connectivity index (χ0v) is 18.0. The molecule has 0 aliphatic carbocycles. The van der Waals surface area contributed by atoms with E-state index in [0.29, 0.717) is 17.3 Å². The maximum absolute atomic E-state index is 12.8. The first-order chi connectivity index (χ1) is 14.4. The summed E-state index contributed by atoms with van der Waals surface area (Å²) in [5, 5.41) is 17.6. The molecule has 0 fully saturated rings. The van der Waals surface area contributed by atoms with Crippen LogP contribution in [0, 0.1) is 6.92 Å². The smallest absolute Gasteiger partial charge is 0.238 e. The summed E-state index contributed by atoms with van der Waals surface area (Å²) in [6.45, 7) is 3.81. The van der Waals surface area contributed by atoms with Crippen molar-refractivity contribution >= 4 is 23.5 Å². The predicted octanol–water partition coefficient (Wildman–Crippen LogP) is 4.07. The second kappa shape index (κ2) is 7.95. The minimum atomic E-state index is -0.295. The van der Waals surface area contributed by atoms with Crippen LogP contribution in [0.25, 0.3) is 5.69 Å². The van der Waals surface area contributed by atoms with Gasteiger partial charge in [0.1, 0.15) is 5.82 Å². The number of benzene rings is 2. The predicted molar refractivity (Wildman–Crippen MR) is 117 cm³/mol. The molecule has 2 heterocycles. The molecular weight excluding hydrogens is 402 g/mol. The third-order valence-electron chi connectivity index (χ3n) is 5.13. The van der Waals surface area contributed by atoms with Gasteiger partial charge in [0.2, 0.25) is 11.7 Å². The molecule has 30 heavy (non-hydrogen) atoms. The average Bonchev–Trinajstić information content (AvgIpc) is 3.00. The summed E-state index contributed by atoms with van der Waals surface area (Å²) in [4.78, 5) is 12.8. The second-order valence-electron chi connectivity index (χ2n) is 7.02. The standard InChI is InChI=1S/C22H23N3O4S/c1-12-18-20(14-10-16(28-3)19(26)17(11-14)29-4)30-13(2)22(27)23-21(18)25(24-12)15-8-6-5-7-9-15/h5-11,13,20,26H,1-4H3,(H,23,27)/t13-,20+/m1/s1. The highest BCUT2D eigenvalue weighted by Crippen LogP contribution is 2.49. The molecule has 0 spiro atoms. The number of amides is 1. The number of rotatable bonds is 4. The van der Waals surface area contributed by atoms with Crippen molar-refractivity contribution in [1.82, 2.24) is 9.78 Å². The van der Waals surface area contributed by atoms with E-state index in [1.807, 2.05) is 44.2 Å². The van der Waals surface area contributed by atoms with E-state index in [1.54, 1.807) is 16.8 Å². The van der Waals surface area contributed by atoms with Crippen molar-refractivity contribution in [2.75, 3.05) is 19.5 Å². The molecule has 3 aromatic rings. The number of methoxy groups -OCH3 is 2. The highest BCUT2D eigenvalue weighted by molar-refractivity contribution is 8.01. The molecule has 2 aromatic carbocycles. The molecule has 7 nitrogen and oxygen atoms in total. The maximum atomic E-state index is 12.8. The van der Waals surface area contributed by atoms with Crippen molar-refractivity contribution in [3.8, 4) is 22.9 Å². The van der Waals surface area contributed by atoms with Gasteiger partial charge < -0.3 is 19.9 Å². The summed E-state index contributed by atoms with van der Waals surface area (Å²) in [5.74, 6) is 1.14. The van der Waals surface area contributed by atoms with Crippen molar-refractivity contribution in [2.24, 2.45) is 0 Å². The van der Waals surface area contributed by atoms with E-state index in [0.717, 1.165) is 22.5 Å². The Morgan fingerprint density at radius 2 is 1.77 bits per heavy atom. The molecule has 1 aliphatic heterocycles. The number of para-hydroxylation sites is 1. The number of aromatic nitrogens is 2. The highest BCUT2D eigenvalue weighted by Gasteiger charge is 2.35. The van der Waals surface area contributed by atoms with Gasteiger partial charge in [-0.1, -0.05) is 18.2 Å². The summed E-state index contributed by atoms with van der Waals surface area (Å²) in [5.41, 5.74) is 3.44. The number of carbonyl (C=O) groups excluding carboxylic acids is 1. The summed E-state index contributed by atoms with van der Waals surface area (Å²) >= 11 is 1.52. The van der Waals surface area contributed by atoms with Crippen LogP contribution >= 0.6 is 11.8 Å². The van der Waals surface area contributed by atoms with Crippen LogP contribution in [0.1, 0.15) is 29.0 Å². The van der Waals surface area contributed by atoms with Crippen LogP contribution in [0.5, 0.6) is 17.2 Å². The number of fused-ring (bicyclic) bond motifs is 1. The Bertz CT molecular complexity index is 1070. The molecule has 1 aliphatic rings. The fraction of sp³-hybridized carbons (Fsp3) is 0.273. The number of nitrogens with zero attached hydrogens (tertiary/aromatic N) is 2. The molecular formula is C22H23N3O4S. The van der Waals surface area contributed by atoms with Crippen molar-refractivity contribution in [3.63, 3.8) is 0 Å². The molecule has 2 atom stereocenters. The normalized spacial score (nSPS) is 18.3. The summed E-state index contributed by atoms with van der Waals surface area (Å²) in [6.07, 6.45) is 0. The zero-order chi connectivity index (χ0) is 21.4. The van der Waals surface area contributed by atoms with Crippen LogP contribution in [-0.4, -0.2) is 40.3 Å². The lowest BCUT2D eigenvalue weighted by molar-refractivity contribution is -0.115. The number of nitrogens with one attached hydrogen (secondary N) is 1. The van der Waals surface area contributed by atoms with E-state index in [4.69, 9.17) is 14.6 Å². The van der Waals surface area contributed by atoms with E-state index >= 15 is 0 Å². The van der Waals surface area contributed by atoms with Crippen LogP contribution < -0.4 is 14.8 Å². The molecule has 1 amide bonds. The average molecular weight is 426 g/mol. The third-order valence-corrected chi connectivity index (χ3v) is 6.53. The van der Waals surface area contributed by atoms with Crippen LogP contribution in [0.3, 0.4) is 0 Å². The molecule has 0 saturated carbocycles. The number of phenols is 1. The van der Waals surface area contributed by atoms with Crippen molar-refractivity contribution in [3.05, 3.63) is 59.3 Å². The lowest BCUT2D eigenvalue weighted by atomic mass is 10.0. The summed E-state index contributed by atoms with van der Waals surface area (Å²) in [6, 6.07) is 13.3. The van der Waals surface area contributed by atoms with Crippen LogP contribution in [0.4, 0.5) is 5.82 Å². The van der Waals surface area contributed by atoms with Crippen molar-refractivity contribution in [2.45, 2.75) is 24.3 Å². The van der Waals surface area contributed by atoms with Gasteiger partial charge in [-0.25, -0.2) is 4.68 Å². The molecule has 0 unspecified atom stereocenters. The van der Waals surface area contributed by atoms with E-state index < -0.39 is 0 Å². The third kappa shape index (κ3) is 3.37. The molecule has 0 radical (unpaired) electrons. The van der Waals surface area contributed by atoms with Gasteiger partial charge in [0.15, 0.2) is 11.5 Å². The molecule has 2 N–H and O–H groups in total. The molecule has 0 bridgehead atoms. The van der Waals surface area contributed by atoms with Gasteiger partial charge in [-0.15, -0.1) is 11.8 Å². The zero-order valence-electron chi connectivity index (χ0n) is 17.2. The Morgan fingerprint density at radius 1 is 1.13 bits per heavy atom. The summed E-state index contributed by atoms with van der Waals surface area (Å²) < 4.78 is 12.5. The SMILES string of the molecule is COc1cc([C@@H]2S[C@H](C)C(=O)Nc3c2c(C)nn3-c2ccccc2)cc(OC)c1O. The van der Waals surface area contributed by atoms with Crippen LogP contribution in [-0.2, 0) is 4.79 Å². The number of carbonyl (C=O) groups is 1. The lowest BCUT2D eigenvalue weighted by Gasteiger charge is -2.20. The van der Waals surface area contributed by atoms with Gasteiger partial charge in [0.05, 0.1) is 36.1 Å². The Morgan fingerprint density at radius 3 is 2.37 bits per heavy atom. The fourth-order valence-corrected chi connectivity index (χ4v) is 4.89. The molecule has 8 heteroatoms. The first-order valence-corrected chi connectivity index (χ1v) is 10.4. The van der Waals surface area contributed by atoms with Crippen LogP contribution in [0.15, 0.2) is 42.5 Å². The number of hydrogen-bond acceptors (Lipinski definition) is 6. The quantitative estimate of drug-likeness (QED) is 0.656. The van der Waals surface area contributed by atoms with Gasteiger partial charge in [0, 0.05) is 5.56 Å². The number of anilines is 1. The number of aryl methyl sites for hydroxylation is 1. The Labute approximate surface area is 179 Å². The molecule has 1 aromatic heterocycles. The number of phenolic OH excluding ortho intramolecular Hbond substituents is 1. The number of thioether (sulfide) groups is 1. The Hall–Kier alpha value is -3.13. The van der Waals surface area contributed by atoms with Crippen molar-refractivity contribution in [1.29, 1.82) is 0 Å². The van der Waals surface area contributed by atoms with Gasteiger partial charge in [0.25, 0.3) is 0 Å². The number of hydrogen-bond donors (Lipinski definition) is 2. The van der Waals surface area contributed by atoms with Gasteiger partial charge in [-0.05, 0) is 43.7 Å². The van der Waals surface area contributed by atoms with Gasteiger partial charge in [-0.2, -0.15) is 5.10 Å². The number of ether oxygens (including phenoxy) is 2. The van der Waals surface area contributed by atoms with Gasteiger partial charge >= 0.3 is 0 Å². The van der Waals surface area contributed by atoms with Crippen molar-refractivity contribution < 1.29 is 19.4 Å². The first-order valence-electron chi connectivity index (χ1n) is 9.50. The van der Waals surface area contributed by atoms with E-state index in [1.165, 1.54) is 26.0 Å². The summed E-state index contributed by atoms with van der Waals surface area (Å²) in [7, 11) is 2.99. The van der Waals surface area contributed by atoms with Gasteiger partial charge in [-0.3, -0.25) is 4.79 Å². The minimum absolute atomic E-state index is 0.0541. The van der Waals surface area contributed by atoms with E-state index in [-0.39, 0.29) is 22.2 Å². The van der Waals surface area contributed by atoms with E-state index in [9.17, 15) is 9.90 Å². The minimum Gasteiger partial charge on any atom is -0.502 e. The molecule has 0 saturated heterocycles. The Kier molecular flexibility index (Phi) is 5.34. The topological polar surface area (TPSA) is 85.6 Å². The van der Waals surface area contributed by atoms with E-state index in [2.05, 4.69) is 5.32 Å². The maximum Gasteiger partial charge on any atom is 0.238 e. The fourth-order valence-electron chi connectivity index (χ4n) is 3.59. The largest absolute Gasteiger partial charge is 0.502 e. The lowest BCUT2D eigenvalue weighted by Crippen LogP contribution is -2.22. The highest BCUT2D eigenvalue weighted by atomic mass is 32.2. The van der Waals surface area contributed by atoms with Crippen LogP contribution in [0.2, 0.25) is 0 Å². The Balaban J connectivity index is 1.93.